The molecular weight excluding hydrogens is 394 g/mol. The fourth-order valence-corrected chi connectivity index (χ4v) is 3.00. The fourth-order valence-electron chi connectivity index (χ4n) is 2.22. The third kappa shape index (κ3) is 4.05. The van der Waals surface area contributed by atoms with Gasteiger partial charge in [0.2, 0.25) is 5.88 Å². The van der Waals surface area contributed by atoms with E-state index in [2.05, 4.69) is 15.0 Å². The number of carbonyl (C=O) groups excluding carboxylic acids is 1. The zero-order valence-corrected chi connectivity index (χ0v) is 15.2. The topological polar surface area (TPSA) is 120 Å². The van der Waals surface area contributed by atoms with Crippen LogP contribution >= 0.6 is 11.3 Å². The number of halogens is 2. The lowest BCUT2D eigenvalue weighted by Gasteiger charge is -2.12. The maximum absolute atomic E-state index is 14.1. The average Bonchev–Trinajstić information content (AvgIpc) is 3.17. The van der Waals surface area contributed by atoms with Gasteiger partial charge in [0, 0.05) is 5.38 Å². The van der Waals surface area contributed by atoms with Crippen molar-refractivity contribution in [2.24, 2.45) is 5.73 Å². The highest BCUT2D eigenvalue weighted by Crippen LogP contribution is 2.27. The molecule has 0 saturated heterocycles. The highest BCUT2D eigenvalue weighted by molar-refractivity contribution is 7.10. The molecular formula is C17H14F2N4O4S. The SMILES string of the molecule is COc1cnc(-c2csc(C(O)COc3ccc(F)c(C(N)=O)c3F)n2)cn1. The summed E-state index contributed by atoms with van der Waals surface area (Å²) in [5.41, 5.74) is 5.02. The molecule has 0 radical (unpaired) electrons. The van der Waals surface area contributed by atoms with Crippen LogP contribution in [0, 0.1) is 11.6 Å². The van der Waals surface area contributed by atoms with E-state index in [-0.39, 0.29) is 6.61 Å². The molecule has 0 saturated carbocycles. The second-order valence-electron chi connectivity index (χ2n) is 5.44. The number of ether oxygens (including phenoxy) is 2. The molecule has 3 aromatic rings. The Labute approximate surface area is 161 Å². The molecule has 11 heteroatoms. The number of rotatable bonds is 7. The first-order valence-electron chi connectivity index (χ1n) is 7.81. The van der Waals surface area contributed by atoms with E-state index >= 15 is 0 Å². The van der Waals surface area contributed by atoms with E-state index < -0.39 is 35.0 Å². The molecule has 0 fully saturated rings. The van der Waals surface area contributed by atoms with Gasteiger partial charge in [0.15, 0.2) is 11.6 Å². The molecule has 0 aliphatic carbocycles. The maximum atomic E-state index is 14.1. The monoisotopic (exact) mass is 408 g/mol. The van der Waals surface area contributed by atoms with Crippen LogP contribution in [0.2, 0.25) is 0 Å². The van der Waals surface area contributed by atoms with Crippen molar-refractivity contribution in [2.75, 3.05) is 13.7 Å². The molecule has 28 heavy (non-hydrogen) atoms. The van der Waals surface area contributed by atoms with E-state index in [0.717, 1.165) is 23.5 Å². The van der Waals surface area contributed by atoms with E-state index in [1.54, 1.807) is 5.38 Å². The summed E-state index contributed by atoms with van der Waals surface area (Å²) < 4.78 is 37.7. The lowest BCUT2D eigenvalue weighted by atomic mass is 10.1. The maximum Gasteiger partial charge on any atom is 0.254 e. The van der Waals surface area contributed by atoms with Gasteiger partial charge in [-0.15, -0.1) is 11.3 Å². The average molecular weight is 408 g/mol. The first-order chi connectivity index (χ1) is 13.4. The smallest absolute Gasteiger partial charge is 0.254 e. The third-order valence-corrected chi connectivity index (χ3v) is 4.55. The Morgan fingerprint density at radius 1 is 1.29 bits per heavy atom. The molecule has 146 valence electrons. The summed E-state index contributed by atoms with van der Waals surface area (Å²) in [6.45, 7) is -0.373. The number of carbonyl (C=O) groups is 1. The van der Waals surface area contributed by atoms with Crippen molar-refractivity contribution in [2.45, 2.75) is 6.10 Å². The van der Waals surface area contributed by atoms with E-state index in [1.165, 1.54) is 19.5 Å². The van der Waals surface area contributed by atoms with Crippen molar-refractivity contribution in [3.63, 3.8) is 0 Å². The van der Waals surface area contributed by atoms with Crippen LogP contribution in [0.5, 0.6) is 11.6 Å². The number of amides is 1. The molecule has 2 aromatic heterocycles. The normalized spacial score (nSPS) is 11.9. The standard InChI is InChI=1S/C17H14F2N4O4S/c1-26-13-5-21-9(4-22-13)10-7-28-17(23-10)11(24)6-27-12-3-2-8(18)14(15(12)19)16(20)25/h2-5,7,11,24H,6H2,1H3,(H2,20,25). The highest BCUT2D eigenvalue weighted by atomic mass is 32.1. The molecule has 2 heterocycles. The van der Waals surface area contributed by atoms with Crippen molar-refractivity contribution in [3.8, 4) is 23.0 Å². The predicted molar refractivity (Wildman–Crippen MR) is 95.0 cm³/mol. The van der Waals surface area contributed by atoms with E-state index in [0.29, 0.717) is 22.3 Å². The van der Waals surface area contributed by atoms with Gasteiger partial charge in [0.1, 0.15) is 40.5 Å². The number of hydrogen-bond donors (Lipinski definition) is 2. The molecule has 0 spiro atoms. The van der Waals surface area contributed by atoms with Crippen molar-refractivity contribution >= 4 is 17.2 Å². The van der Waals surface area contributed by atoms with Crippen molar-refractivity contribution in [1.82, 2.24) is 15.0 Å². The van der Waals surface area contributed by atoms with Crippen LogP contribution in [0.25, 0.3) is 11.4 Å². The summed E-state index contributed by atoms with van der Waals surface area (Å²) >= 11 is 1.14. The summed E-state index contributed by atoms with van der Waals surface area (Å²) in [4.78, 5) is 23.6. The number of aliphatic hydroxyl groups excluding tert-OH is 1. The number of benzene rings is 1. The minimum atomic E-state index is -1.26. The number of primary amides is 1. The van der Waals surface area contributed by atoms with Gasteiger partial charge >= 0.3 is 0 Å². The number of nitrogens with zero attached hydrogens (tertiary/aromatic N) is 3. The van der Waals surface area contributed by atoms with Gasteiger partial charge in [-0.3, -0.25) is 4.79 Å². The van der Waals surface area contributed by atoms with Crippen LogP contribution in [0.1, 0.15) is 21.5 Å². The predicted octanol–water partition coefficient (Wildman–Crippen LogP) is 2.10. The molecule has 3 rings (SSSR count). The van der Waals surface area contributed by atoms with Gasteiger partial charge in [0.25, 0.3) is 5.91 Å². The second kappa shape index (κ2) is 8.23. The summed E-state index contributed by atoms with van der Waals surface area (Å²) in [6, 6.07) is 1.86. The Bertz CT molecular complexity index is 997. The lowest BCUT2D eigenvalue weighted by molar-refractivity contribution is 0.0982. The van der Waals surface area contributed by atoms with Gasteiger partial charge in [-0.2, -0.15) is 0 Å². The van der Waals surface area contributed by atoms with Crippen molar-refractivity contribution < 1.29 is 28.2 Å². The van der Waals surface area contributed by atoms with Gasteiger partial charge in [-0.25, -0.2) is 23.7 Å². The fraction of sp³-hybridized carbons (Fsp3) is 0.176. The highest BCUT2D eigenvalue weighted by Gasteiger charge is 2.21. The summed E-state index contributed by atoms with van der Waals surface area (Å²) in [6.07, 6.45) is 1.72. The van der Waals surface area contributed by atoms with Crippen LogP contribution in [0.3, 0.4) is 0 Å². The van der Waals surface area contributed by atoms with E-state index in [4.69, 9.17) is 15.2 Å². The van der Waals surface area contributed by atoms with Crippen molar-refractivity contribution in [1.29, 1.82) is 0 Å². The summed E-state index contributed by atoms with van der Waals surface area (Å²) in [5.74, 6) is -3.64. The molecule has 1 unspecified atom stereocenters. The number of aromatic nitrogens is 3. The Morgan fingerprint density at radius 3 is 2.71 bits per heavy atom. The summed E-state index contributed by atoms with van der Waals surface area (Å²) in [7, 11) is 1.47. The molecule has 3 N–H and O–H groups in total. The molecule has 1 atom stereocenters. The van der Waals surface area contributed by atoms with Gasteiger partial charge in [-0.05, 0) is 12.1 Å². The number of methoxy groups -OCH3 is 1. The quantitative estimate of drug-likeness (QED) is 0.614. The number of nitrogens with two attached hydrogens (primary N) is 1. The van der Waals surface area contributed by atoms with Crippen LogP contribution in [-0.2, 0) is 0 Å². The summed E-state index contributed by atoms with van der Waals surface area (Å²) in [5, 5.41) is 12.2. The molecule has 1 aromatic carbocycles. The van der Waals surface area contributed by atoms with Gasteiger partial charge in [0.05, 0.1) is 19.5 Å². The Morgan fingerprint density at radius 2 is 2.07 bits per heavy atom. The minimum absolute atomic E-state index is 0.297. The largest absolute Gasteiger partial charge is 0.487 e. The Balaban J connectivity index is 1.71. The molecule has 0 aliphatic heterocycles. The number of hydrogen-bond acceptors (Lipinski definition) is 8. The molecule has 0 bridgehead atoms. The van der Waals surface area contributed by atoms with Crippen LogP contribution in [0.15, 0.2) is 29.9 Å². The lowest BCUT2D eigenvalue weighted by Crippen LogP contribution is -2.17. The molecule has 1 amide bonds. The first kappa shape index (κ1) is 19.6. The number of thiazole rings is 1. The Hall–Kier alpha value is -3.18. The zero-order chi connectivity index (χ0) is 20.3. The Kier molecular flexibility index (Phi) is 5.76. The van der Waals surface area contributed by atoms with Gasteiger partial charge < -0.3 is 20.3 Å². The molecule has 8 nitrogen and oxygen atoms in total. The van der Waals surface area contributed by atoms with E-state index in [9.17, 15) is 18.7 Å². The van der Waals surface area contributed by atoms with Crippen LogP contribution in [-0.4, -0.2) is 39.7 Å². The first-order valence-corrected chi connectivity index (χ1v) is 8.69. The minimum Gasteiger partial charge on any atom is -0.487 e. The molecule has 0 aliphatic rings. The third-order valence-electron chi connectivity index (χ3n) is 3.61. The van der Waals surface area contributed by atoms with E-state index in [1.807, 2.05) is 0 Å². The van der Waals surface area contributed by atoms with Crippen LogP contribution in [0.4, 0.5) is 8.78 Å². The second-order valence-corrected chi connectivity index (χ2v) is 6.33. The van der Waals surface area contributed by atoms with Crippen LogP contribution < -0.4 is 15.2 Å². The number of aliphatic hydroxyl groups is 1. The van der Waals surface area contributed by atoms with Crippen molar-refractivity contribution in [3.05, 3.63) is 52.1 Å². The zero-order valence-electron chi connectivity index (χ0n) is 14.4. The van der Waals surface area contributed by atoms with Gasteiger partial charge in [-0.1, -0.05) is 0 Å².